The summed E-state index contributed by atoms with van der Waals surface area (Å²) in [6, 6.07) is 22.5. The Bertz CT molecular complexity index is 1660. The Kier molecular flexibility index (Phi) is 7.19. The lowest BCUT2D eigenvalue weighted by Crippen LogP contribution is -2.23. The van der Waals surface area contributed by atoms with Crippen LogP contribution in [-0.2, 0) is 4.79 Å². The van der Waals surface area contributed by atoms with Crippen LogP contribution < -0.4 is 20.3 Å². The average molecular weight is 527 g/mol. The molecular weight excluding hydrogens is 500 g/mol. The van der Waals surface area contributed by atoms with Crippen LogP contribution in [0.25, 0.3) is 27.8 Å². The highest BCUT2D eigenvalue weighted by Gasteiger charge is 2.19. The zero-order chi connectivity index (χ0) is 26.6. The van der Waals surface area contributed by atoms with Crippen molar-refractivity contribution in [1.29, 1.82) is 0 Å². The number of amides is 1. The zero-order valence-corrected chi connectivity index (χ0v) is 22.0. The summed E-state index contributed by atoms with van der Waals surface area (Å²) in [7, 11) is 3.09. The second kappa shape index (κ2) is 10.9. The molecule has 38 heavy (non-hydrogen) atoms. The fourth-order valence-electron chi connectivity index (χ4n) is 4.11. The van der Waals surface area contributed by atoms with Gasteiger partial charge in [0.15, 0.2) is 5.16 Å². The second-order valence-electron chi connectivity index (χ2n) is 8.57. The van der Waals surface area contributed by atoms with E-state index in [0.29, 0.717) is 39.1 Å². The van der Waals surface area contributed by atoms with Gasteiger partial charge < -0.3 is 19.8 Å². The quantitative estimate of drug-likeness (QED) is 0.206. The van der Waals surface area contributed by atoms with Crippen LogP contribution in [0, 0.1) is 6.92 Å². The maximum atomic E-state index is 13.7. The Labute approximate surface area is 223 Å². The molecule has 0 saturated heterocycles. The van der Waals surface area contributed by atoms with E-state index in [9.17, 15) is 9.59 Å². The number of nitrogens with zero attached hydrogens (tertiary/aromatic N) is 2. The number of rotatable bonds is 8. The number of nitrogens with one attached hydrogen (secondary N) is 2. The van der Waals surface area contributed by atoms with Crippen molar-refractivity contribution in [3.8, 4) is 28.3 Å². The lowest BCUT2D eigenvalue weighted by Gasteiger charge is -2.14. The first-order chi connectivity index (χ1) is 18.5. The molecule has 0 bridgehead atoms. The number of methoxy groups -OCH3 is 2. The van der Waals surface area contributed by atoms with Gasteiger partial charge in [-0.2, -0.15) is 0 Å². The van der Waals surface area contributed by atoms with Gasteiger partial charge in [0.05, 0.1) is 31.3 Å². The normalized spacial score (nSPS) is 10.9. The second-order valence-corrected chi connectivity index (χ2v) is 9.51. The summed E-state index contributed by atoms with van der Waals surface area (Å²) in [4.78, 5) is 34.7. The number of thioether (sulfide) groups is 1. The number of H-pyrrole nitrogens is 1. The first kappa shape index (κ1) is 25.2. The molecule has 0 fully saturated rings. The average Bonchev–Trinajstić information content (AvgIpc) is 3.37. The maximum Gasteiger partial charge on any atom is 0.283 e. The summed E-state index contributed by atoms with van der Waals surface area (Å²) < 4.78 is 12.2. The molecule has 8 nitrogen and oxygen atoms in total. The Morgan fingerprint density at radius 3 is 2.50 bits per heavy atom. The van der Waals surface area contributed by atoms with E-state index >= 15 is 0 Å². The Morgan fingerprint density at radius 2 is 1.79 bits per heavy atom. The molecule has 0 atom stereocenters. The smallest absolute Gasteiger partial charge is 0.283 e. The number of fused-ring (bicyclic) bond motifs is 1. The summed E-state index contributed by atoms with van der Waals surface area (Å²) in [6.07, 6.45) is 1.80. The van der Waals surface area contributed by atoms with E-state index in [4.69, 9.17) is 14.5 Å². The van der Waals surface area contributed by atoms with Crippen molar-refractivity contribution < 1.29 is 14.3 Å². The molecule has 0 spiro atoms. The van der Waals surface area contributed by atoms with Crippen LogP contribution in [-0.4, -0.2) is 40.4 Å². The number of benzene rings is 3. The minimum Gasteiger partial charge on any atom is -0.497 e. The number of carbonyl (C=O) groups is 1. The Balaban J connectivity index is 1.51. The summed E-state index contributed by atoms with van der Waals surface area (Å²) >= 11 is 1.19. The van der Waals surface area contributed by atoms with Crippen molar-refractivity contribution in [1.82, 2.24) is 14.5 Å². The number of aromatic nitrogens is 3. The van der Waals surface area contributed by atoms with Gasteiger partial charge in [-0.05, 0) is 36.8 Å². The van der Waals surface area contributed by atoms with Crippen LogP contribution in [0.3, 0.4) is 0 Å². The van der Waals surface area contributed by atoms with E-state index in [1.165, 1.54) is 18.9 Å². The highest BCUT2D eigenvalue weighted by molar-refractivity contribution is 7.99. The number of hydrogen-bond donors (Lipinski definition) is 2. The molecule has 1 amide bonds. The molecule has 0 aliphatic heterocycles. The van der Waals surface area contributed by atoms with Crippen molar-refractivity contribution in [2.45, 2.75) is 12.1 Å². The van der Waals surface area contributed by atoms with Gasteiger partial charge >= 0.3 is 0 Å². The van der Waals surface area contributed by atoms with Crippen LogP contribution >= 0.6 is 11.8 Å². The molecule has 0 saturated carbocycles. The first-order valence-electron chi connectivity index (χ1n) is 11.9. The van der Waals surface area contributed by atoms with Crippen LogP contribution in [0.1, 0.15) is 5.56 Å². The minimum absolute atomic E-state index is 0.0318. The van der Waals surface area contributed by atoms with Gasteiger partial charge in [-0.3, -0.25) is 14.2 Å². The SMILES string of the molecule is COc1ccc(NC(=O)CSc2nc3c(-c4ccccc4)c[nH]c3c(=O)n2-c2ccc(C)cc2)c(OC)c1. The third-order valence-corrected chi connectivity index (χ3v) is 7.00. The number of ether oxygens (including phenoxy) is 2. The molecule has 0 aliphatic rings. The lowest BCUT2D eigenvalue weighted by atomic mass is 10.1. The molecule has 3 aromatic carbocycles. The number of anilines is 1. The van der Waals surface area contributed by atoms with Gasteiger partial charge in [0.2, 0.25) is 5.91 Å². The summed E-state index contributed by atoms with van der Waals surface area (Å²) in [5.41, 5.74) is 4.76. The first-order valence-corrected chi connectivity index (χ1v) is 12.9. The molecular formula is C29H26N4O4S. The molecule has 2 N–H and O–H groups in total. The van der Waals surface area contributed by atoms with Crippen LogP contribution in [0.5, 0.6) is 11.5 Å². The zero-order valence-electron chi connectivity index (χ0n) is 21.1. The molecule has 0 aliphatic carbocycles. The number of aryl methyl sites for hydroxylation is 1. The maximum absolute atomic E-state index is 13.7. The largest absolute Gasteiger partial charge is 0.497 e. The monoisotopic (exact) mass is 526 g/mol. The molecule has 5 aromatic rings. The minimum atomic E-state index is -0.263. The van der Waals surface area contributed by atoms with Gasteiger partial charge in [-0.1, -0.05) is 59.8 Å². The standard InChI is InChI=1S/C29H26N4O4S/c1-18-9-11-20(12-10-18)33-28(35)27-26(22(16-30-27)19-7-5-4-6-8-19)32-29(33)38-17-25(34)31-23-14-13-21(36-2)15-24(23)37-3/h4-16,30H,17H2,1-3H3,(H,31,34). The molecule has 2 aromatic heterocycles. The van der Waals surface area contributed by atoms with Crippen molar-refractivity contribution in [2.24, 2.45) is 0 Å². The topological polar surface area (TPSA) is 98.2 Å². The molecule has 2 heterocycles. The Morgan fingerprint density at radius 1 is 1.03 bits per heavy atom. The predicted molar refractivity (Wildman–Crippen MR) is 151 cm³/mol. The van der Waals surface area contributed by atoms with E-state index in [1.54, 1.807) is 36.1 Å². The van der Waals surface area contributed by atoms with Crippen molar-refractivity contribution in [2.75, 3.05) is 25.3 Å². The Hall–Kier alpha value is -4.50. The summed E-state index contributed by atoms with van der Waals surface area (Å²) in [5.74, 6) is 0.873. The lowest BCUT2D eigenvalue weighted by molar-refractivity contribution is -0.113. The molecule has 0 radical (unpaired) electrons. The van der Waals surface area contributed by atoms with Crippen molar-refractivity contribution in [3.63, 3.8) is 0 Å². The molecule has 192 valence electrons. The highest BCUT2D eigenvalue weighted by Crippen LogP contribution is 2.31. The number of carbonyl (C=O) groups excluding carboxylic acids is 1. The van der Waals surface area contributed by atoms with E-state index < -0.39 is 0 Å². The fraction of sp³-hybridized carbons (Fsp3) is 0.138. The van der Waals surface area contributed by atoms with Crippen LogP contribution in [0.15, 0.2) is 88.9 Å². The van der Waals surface area contributed by atoms with E-state index in [1.807, 2.05) is 61.5 Å². The van der Waals surface area contributed by atoms with E-state index in [2.05, 4.69) is 10.3 Å². The van der Waals surface area contributed by atoms with Gasteiger partial charge in [-0.25, -0.2) is 4.98 Å². The van der Waals surface area contributed by atoms with Gasteiger partial charge in [0, 0.05) is 17.8 Å². The third kappa shape index (κ3) is 5.01. The predicted octanol–water partition coefficient (Wildman–Crippen LogP) is 5.44. The number of aromatic amines is 1. The van der Waals surface area contributed by atoms with Crippen LogP contribution in [0.2, 0.25) is 0 Å². The van der Waals surface area contributed by atoms with Gasteiger partial charge in [0.25, 0.3) is 5.56 Å². The fourth-order valence-corrected chi connectivity index (χ4v) is 4.92. The molecule has 0 unspecified atom stereocenters. The third-order valence-electron chi connectivity index (χ3n) is 6.06. The van der Waals surface area contributed by atoms with Crippen molar-refractivity contribution >= 4 is 34.4 Å². The number of hydrogen-bond acceptors (Lipinski definition) is 6. The highest BCUT2D eigenvalue weighted by atomic mass is 32.2. The summed E-state index contributed by atoms with van der Waals surface area (Å²) in [6.45, 7) is 1.98. The van der Waals surface area contributed by atoms with Crippen molar-refractivity contribution in [3.05, 3.63) is 94.9 Å². The van der Waals surface area contributed by atoms with Gasteiger partial charge in [-0.15, -0.1) is 0 Å². The molecule has 5 rings (SSSR count). The van der Waals surface area contributed by atoms with Gasteiger partial charge in [0.1, 0.15) is 22.5 Å². The molecule has 9 heteroatoms. The van der Waals surface area contributed by atoms with E-state index in [0.717, 1.165) is 16.7 Å². The van der Waals surface area contributed by atoms with E-state index in [-0.39, 0.29) is 17.2 Å². The summed E-state index contributed by atoms with van der Waals surface area (Å²) in [5, 5.41) is 3.29. The van der Waals surface area contributed by atoms with Crippen LogP contribution in [0.4, 0.5) is 5.69 Å².